The van der Waals surface area contributed by atoms with E-state index in [1.165, 1.54) is 6.92 Å². The quantitative estimate of drug-likeness (QED) is 0.578. The van der Waals surface area contributed by atoms with Gasteiger partial charge in [-0.2, -0.15) is 0 Å². The molecule has 0 atom stereocenters. The van der Waals surface area contributed by atoms with Gasteiger partial charge in [-0.05, 0) is 48.5 Å². The van der Waals surface area contributed by atoms with Gasteiger partial charge in [-0.3, -0.25) is 4.79 Å². The molecular formula is C18H17BrN4O. The standard InChI is InChI=1S/C18H17BrN4O/c1-12(24)21-14-9-15(11-16(10-14)23-6-2-3-7-23)22-18-5-4-13(19)8-17(18)20/h2-11,22H,20H2,1H3,(H,21,24). The van der Waals surface area contributed by atoms with Gasteiger partial charge >= 0.3 is 0 Å². The van der Waals surface area contributed by atoms with Gasteiger partial charge in [-0.15, -0.1) is 0 Å². The molecule has 1 amide bonds. The molecule has 0 radical (unpaired) electrons. The fraction of sp³-hybridized carbons (Fsp3) is 0.0556. The van der Waals surface area contributed by atoms with Crippen LogP contribution >= 0.6 is 15.9 Å². The minimum atomic E-state index is -0.117. The van der Waals surface area contributed by atoms with E-state index in [1.54, 1.807) is 0 Å². The number of amides is 1. The second-order valence-electron chi connectivity index (χ2n) is 5.40. The van der Waals surface area contributed by atoms with Gasteiger partial charge in [-0.1, -0.05) is 15.9 Å². The van der Waals surface area contributed by atoms with Crippen molar-refractivity contribution in [1.82, 2.24) is 4.57 Å². The number of nitrogens with zero attached hydrogens (tertiary/aromatic N) is 1. The summed E-state index contributed by atoms with van der Waals surface area (Å²) >= 11 is 3.40. The largest absolute Gasteiger partial charge is 0.397 e. The summed E-state index contributed by atoms with van der Waals surface area (Å²) in [6.45, 7) is 1.49. The zero-order valence-electron chi connectivity index (χ0n) is 13.1. The number of hydrogen-bond donors (Lipinski definition) is 3. The van der Waals surface area contributed by atoms with Crippen LogP contribution in [0.5, 0.6) is 0 Å². The van der Waals surface area contributed by atoms with Crippen LogP contribution in [0.15, 0.2) is 65.4 Å². The molecule has 6 heteroatoms. The van der Waals surface area contributed by atoms with E-state index in [9.17, 15) is 4.79 Å². The first kappa shape index (κ1) is 16.1. The molecule has 0 aliphatic heterocycles. The van der Waals surface area contributed by atoms with E-state index in [1.807, 2.05) is 65.5 Å². The Kier molecular flexibility index (Phi) is 4.57. The number of rotatable bonds is 4. The molecule has 3 rings (SSSR count). The van der Waals surface area contributed by atoms with Crippen LogP contribution in [0.1, 0.15) is 6.92 Å². The lowest BCUT2D eigenvalue weighted by Gasteiger charge is -2.14. The summed E-state index contributed by atoms with van der Waals surface area (Å²) in [5.41, 5.74) is 9.97. The molecule has 0 aliphatic rings. The van der Waals surface area contributed by atoms with E-state index in [0.717, 1.165) is 21.5 Å². The molecule has 122 valence electrons. The van der Waals surface area contributed by atoms with Crippen LogP contribution in [0.4, 0.5) is 22.7 Å². The summed E-state index contributed by atoms with van der Waals surface area (Å²) in [6, 6.07) is 15.3. The van der Waals surface area contributed by atoms with Crippen LogP contribution in [0.25, 0.3) is 5.69 Å². The van der Waals surface area contributed by atoms with Gasteiger partial charge in [0.1, 0.15) is 0 Å². The molecule has 0 saturated heterocycles. The van der Waals surface area contributed by atoms with Crippen LogP contribution in [-0.2, 0) is 4.79 Å². The van der Waals surface area contributed by atoms with Crippen molar-refractivity contribution in [2.75, 3.05) is 16.4 Å². The third-order valence-corrected chi connectivity index (χ3v) is 3.93. The number of carbonyl (C=O) groups excluding carboxylic acids is 1. The molecule has 0 saturated carbocycles. The van der Waals surface area contributed by atoms with Crippen LogP contribution in [0.3, 0.4) is 0 Å². The van der Waals surface area contributed by atoms with Crippen molar-refractivity contribution in [2.24, 2.45) is 0 Å². The zero-order valence-corrected chi connectivity index (χ0v) is 14.7. The fourth-order valence-corrected chi connectivity index (χ4v) is 2.80. The van der Waals surface area contributed by atoms with Gasteiger partial charge in [0.2, 0.25) is 5.91 Å². The number of nitrogens with two attached hydrogens (primary N) is 1. The number of hydrogen-bond acceptors (Lipinski definition) is 3. The normalized spacial score (nSPS) is 10.4. The lowest BCUT2D eigenvalue weighted by Crippen LogP contribution is -2.07. The first-order valence-corrected chi connectivity index (χ1v) is 8.18. The monoisotopic (exact) mass is 384 g/mol. The number of benzene rings is 2. The van der Waals surface area contributed by atoms with Crippen molar-refractivity contribution >= 4 is 44.6 Å². The SMILES string of the molecule is CC(=O)Nc1cc(Nc2ccc(Br)cc2N)cc(-n2cccc2)c1. The highest BCUT2D eigenvalue weighted by Gasteiger charge is 2.06. The molecule has 24 heavy (non-hydrogen) atoms. The number of halogens is 1. The van der Waals surface area contributed by atoms with Crippen molar-refractivity contribution < 1.29 is 4.79 Å². The molecule has 4 N–H and O–H groups in total. The van der Waals surface area contributed by atoms with Crippen molar-refractivity contribution in [3.8, 4) is 5.69 Å². The zero-order chi connectivity index (χ0) is 17.1. The number of nitrogens with one attached hydrogen (secondary N) is 2. The van der Waals surface area contributed by atoms with Crippen LogP contribution < -0.4 is 16.4 Å². The topological polar surface area (TPSA) is 72.1 Å². The van der Waals surface area contributed by atoms with Crippen LogP contribution in [-0.4, -0.2) is 10.5 Å². The van der Waals surface area contributed by atoms with Gasteiger partial charge in [0.25, 0.3) is 0 Å². The highest BCUT2D eigenvalue weighted by molar-refractivity contribution is 9.10. The van der Waals surface area contributed by atoms with Gasteiger partial charge < -0.3 is 20.9 Å². The molecular weight excluding hydrogens is 368 g/mol. The Morgan fingerprint density at radius 1 is 1.08 bits per heavy atom. The van der Waals surface area contributed by atoms with Crippen LogP contribution in [0, 0.1) is 0 Å². The van der Waals surface area contributed by atoms with Gasteiger partial charge in [0.15, 0.2) is 0 Å². The molecule has 5 nitrogen and oxygen atoms in total. The Morgan fingerprint density at radius 3 is 2.46 bits per heavy atom. The molecule has 0 aliphatic carbocycles. The smallest absolute Gasteiger partial charge is 0.221 e. The Labute approximate surface area is 148 Å². The maximum atomic E-state index is 11.4. The summed E-state index contributed by atoms with van der Waals surface area (Å²) in [7, 11) is 0. The maximum Gasteiger partial charge on any atom is 0.221 e. The van der Waals surface area contributed by atoms with E-state index >= 15 is 0 Å². The first-order valence-electron chi connectivity index (χ1n) is 7.39. The molecule has 0 bridgehead atoms. The lowest BCUT2D eigenvalue weighted by atomic mass is 10.2. The Bertz CT molecular complexity index is 875. The molecule has 3 aromatic rings. The van der Waals surface area contributed by atoms with E-state index in [2.05, 4.69) is 26.6 Å². The van der Waals surface area contributed by atoms with E-state index in [4.69, 9.17) is 5.73 Å². The average molecular weight is 385 g/mol. The van der Waals surface area contributed by atoms with Gasteiger partial charge in [-0.25, -0.2) is 0 Å². The van der Waals surface area contributed by atoms with Gasteiger partial charge in [0, 0.05) is 40.9 Å². The van der Waals surface area contributed by atoms with Crippen molar-refractivity contribution in [3.63, 3.8) is 0 Å². The fourth-order valence-electron chi connectivity index (χ4n) is 2.42. The molecule has 0 fully saturated rings. The second kappa shape index (κ2) is 6.80. The summed E-state index contributed by atoms with van der Waals surface area (Å²) in [6.07, 6.45) is 3.90. The molecule has 2 aromatic carbocycles. The summed E-state index contributed by atoms with van der Waals surface area (Å²) in [5.74, 6) is -0.117. The number of aromatic nitrogens is 1. The van der Waals surface area contributed by atoms with Gasteiger partial charge in [0.05, 0.1) is 11.4 Å². The number of nitrogen functional groups attached to an aromatic ring is 1. The lowest BCUT2D eigenvalue weighted by molar-refractivity contribution is -0.114. The minimum Gasteiger partial charge on any atom is -0.397 e. The summed E-state index contributed by atoms with van der Waals surface area (Å²) in [5, 5.41) is 6.13. The van der Waals surface area contributed by atoms with Crippen LogP contribution in [0.2, 0.25) is 0 Å². The third kappa shape index (κ3) is 3.78. The summed E-state index contributed by atoms with van der Waals surface area (Å²) in [4.78, 5) is 11.4. The maximum absolute atomic E-state index is 11.4. The molecule has 0 unspecified atom stereocenters. The predicted molar refractivity (Wildman–Crippen MR) is 102 cm³/mol. The third-order valence-electron chi connectivity index (χ3n) is 3.43. The highest BCUT2D eigenvalue weighted by Crippen LogP contribution is 2.29. The van der Waals surface area contributed by atoms with E-state index < -0.39 is 0 Å². The predicted octanol–water partition coefficient (Wildman–Crippen LogP) is 4.52. The van der Waals surface area contributed by atoms with E-state index in [-0.39, 0.29) is 5.91 Å². The van der Waals surface area contributed by atoms with Crippen molar-refractivity contribution in [1.29, 1.82) is 0 Å². The summed E-state index contributed by atoms with van der Waals surface area (Å²) < 4.78 is 2.90. The number of anilines is 4. The molecule has 1 heterocycles. The Morgan fingerprint density at radius 2 is 1.79 bits per heavy atom. The minimum absolute atomic E-state index is 0.117. The highest BCUT2D eigenvalue weighted by atomic mass is 79.9. The first-order chi connectivity index (χ1) is 11.5. The Balaban J connectivity index is 1.99. The van der Waals surface area contributed by atoms with E-state index in [0.29, 0.717) is 11.4 Å². The second-order valence-corrected chi connectivity index (χ2v) is 6.31. The van der Waals surface area contributed by atoms with Crippen molar-refractivity contribution in [2.45, 2.75) is 6.92 Å². The molecule has 0 spiro atoms. The average Bonchev–Trinajstić information content (AvgIpc) is 3.03. The van der Waals surface area contributed by atoms with Crippen molar-refractivity contribution in [3.05, 3.63) is 65.4 Å². The number of carbonyl (C=O) groups is 1. The molecule has 1 aromatic heterocycles. The Hall–Kier alpha value is -2.73.